The van der Waals surface area contributed by atoms with Gasteiger partial charge in [-0.05, 0) is 12.1 Å². The quantitative estimate of drug-likeness (QED) is 0.941. The van der Waals surface area contributed by atoms with Crippen molar-refractivity contribution in [2.75, 3.05) is 26.8 Å². The van der Waals surface area contributed by atoms with E-state index in [2.05, 4.69) is 14.9 Å². The van der Waals surface area contributed by atoms with Crippen molar-refractivity contribution in [3.05, 3.63) is 47.0 Å². The lowest BCUT2D eigenvalue weighted by molar-refractivity contribution is 0.0230. The van der Waals surface area contributed by atoms with Crippen LogP contribution in [0, 0.1) is 0 Å². The third-order valence-corrected chi connectivity index (χ3v) is 3.98. The lowest BCUT2D eigenvalue weighted by atomic mass is 10.1. The molecule has 1 aromatic heterocycles. The molecule has 0 saturated carbocycles. The first-order valence-corrected chi connectivity index (χ1v) is 7.31. The number of hydrogen-bond acceptors (Lipinski definition) is 4. The summed E-state index contributed by atoms with van der Waals surface area (Å²) in [4.78, 5) is 4.25. The molecule has 0 aliphatic carbocycles. The second-order valence-corrected chi connectivity index (χ2v) is 5.34. The number of ether oxygens (including phenoxy) is 2. The second-order valence-electron chi connectivity index (χ2n) is 4.93. The second kappa shape index (κ2) is 6.47. The molecule has 0 bridgehead atoms. The summed E-state index contributed by atoms with van der Waals surface area (Å²) in [5.74, 6) is 0.782. The van der Waals surface area contributed by atoms with Crippen LogP contribution in [0.1, 0.15) is 17.4 Å². The molecule has 5 nitrogen and oxygen atoms in total. The fraction of sp³-hybridized carbons (Fsp3) is 0.400. The fourth-order valence-electron chi connectivity index (χ4n) is 2.54. The molecule has 1 saturated heterocycles. The Morgan fingerprint density at radius 2 is 2.43 bits per heavy atom. The van der Waals surface area contributed by atoms with Crippen LogP contribution in [0.2, 0.25) is 5.02 Å². The van der Waals surface area contributed by atoms with Gasteiger partial charge in [-0.2, -0.15) is 0 Å². The van der Waals surface area contributed by atoms with Crippen molar-refractivity contribution in [2.24, 2.45) is 0 Å². The van der Waals surface area contributed by atoms with Gasteiger partial charge in [0.2, 0.25) is 0 Å². The number of aromatic nitrogens is 2. The smallest absolute Gasteiger partial charge is 0.125 e. The average Bonchev–Trinajstić information content (AvgIpc) is 2.98. The summed E-state index contributed by atoms with van der Waals surface area (Å²) in [6.07, 6.45) is 3.67. The number of halogens is 1. The average molecular weight is 308 g/mol. The molecule has 0 spiro atoms. The van der Waals surface area contributed by atoms with Gasteiger partial charge >= 0.3 is 0 Å². The first-order chi connectivity index (χ1) is 10.3. The van der Waals surface area contributed by atoms with Crippen molar-refractivity contribution in [3.8, 4) is 5.75 Å². The van der Waals surface area contributed by atoms with Gasteiger partial charge < -0.3 is 19.4 Å². The van der Waals surface area contributed by atoms with Gasteiger partial charge in [-0.1, -0.05) is 17.7 Å². The standard InChI is InChI=1S/C15H18ClN3O2/c1-20-14-4-2-3-12(16)11(14)9-19-10-18-7-13(19)15-8-17-5-6-21-15/h2-4,7,10,15,17H,5-6,8-9H2,1H3. The minimum atomic E-state index is 0.0229. The highest BCUT2D eigenvalue weighted by atomic mass is 35.5. The Morgan fingerprint density at radius 3 is 3.19 bits per heavy atom. The van der Waals surface area contributed by atoms with Crippen LogP contribution in [0.15, 0.2) is 30.7 Å². The van der Waals surface area contributed by atoms with E-state index >= 15 is 0 Å². The zero-order chi connectivity index (χ0) is 14.7. The Kier molecular flexibility index (Phi) is 4.43. The molecule has 1 N–H and O–H groups in total. The largest absolute Gasteiger partial charge is 0.496 e. The predicted octanol–water partition coefficient (Wildman–Crippen LogP) is 2.25. The Morgan fingerprint density at radius 1 is 1.52 bits per heavy atom. The van der Waals surface area contributed by atoms with E-state index in [1.54, 1.807) is 13.4 Å². The van der Waals surface area contributed by atoms with Crippen LogP contribution in [0.5, 0.6) is 5.75 Å². The Balaban J connectivity index is 1.87. The van der Waals surface area contributed by atoms with Crippen molar-refractivity contribution < 1.29 is 9.47 Å². The molecule has 0 amide bonds. The van der Waals surface area contributed by atoms with Gasteiger partial charge in [0.05, 0.1) is 38.5 Å². The van der Waals surface area contributed by atoms with Crippen LogP contribution in [0.3, 0.4) is 0 Å². The number of nitrogens with one attached hydrogen (secondary N) is 1. The van der Waals surface area contributed by atoms with E-state index in [0.717, 1.165) is 30.1 Å². The molecule has 1 atom stereocenters. The lowest BCUT2D eigenvalue weighted by Crippen LogP contribution is -2.34. The number of benzene rings is 1. The van der Waals surface area contributed by atoms with E-state index in [1.165, 1.54) is 0 Å². The third-order valence-electron chi connectivity index (χ3n) is 3.63. The van der Waals surface area contributed by atoms with Gasteiger partial charge in [-0.3, -0.25) is 0 Å². The predicted molar refractivity (Wildman–Crippen MR) is 80.9 cm³/mol. The summed E-state index contributed by atoms with van der Waals surface area (Å²) in [5, 5.41) is 4.02. The van der Waals surface area contributed by atoms with Crippen molar-refractivity contribution in [3.63, 3.8) is 0 Å². The monoisotopic (exact) mass is 307 g/mol. The number of morpholine rings is 1. The molecule has 112 valence electrons. The number of methoxy groups -OCH3 is 1. The van der Waals surface area contributed by atoms with Gasteiger partial charge in [0, 0.05) is 23.7 Å². The molecule has 6 heteroatoms. The zero-order valence-electron chi connectivity index (χ0n) is 11.9. The fourth-order valence-corrected chi connectivity index (χ4v) is 2.77. The lowest BCUT2D eigenvalue weighted by Gasteiger charge is -2.24. The minimum absolute atomic E-state index is 0.0229. The number of rotatable bonds is 4. The normalized spacial score (nSPS) is 18.7. The molecule has 3 rings (SSSR count). The van der Waals surface area contributed by atoms with Gasteiger partial charge in [0.1, 0.15) is 11.9 Å². The number of imidazole rings is 1. The number of hydrogen-bond donors (Lipinski definition) is 1. The summed E-state index contributed by atoms with van der Waals surface area (Å²) >= 11 is 6.31. The van der Waals surface area contributed by atoms with Crippen molar-refractivity contribution in [1.29, 1.82) is 0 Å². The summed E-state index contributed by atoms with van der Waals surface area (Å²) in [7, 11) is 1.65. The van der Waals surface area contributed by atoms with E-state index < -0.39 is 0 Å². The first kappa shape index (κ1) is 14.4. The molecule has 0 radical (unpaired) electrons. The van der Waals surface area contributed by atoms with E-state index in [9.17, 15) is 0 Å². The van der Waals surface area contributed by atoms with Crippen LogP contribution in [0.25, 0.3) is 0 Å². The van der Waals surface area contributed by atoms with Crippen LogP contribution >= 0.6 is 11.6 Å². The molecular weight excluding hydrogens is 290 g/mol. The number of nitrogens with zero attached hydrogens (tertiary/aromatic N) is 2. The molecule has 1 unspecified atom stereocenters. The topological polar surface area (TPSA) is 48.3 Å². The Hall–Kier alpha value is -1.56. The highest BCUT2D eigenvalue weighted by Crippen LogP contribution is 2.28. The molecule has 1 aliphatic rings. The summed E-state index contributed by atoms with van der Waals surface area (Å²) in [6.45, 7) is 3.01. The maximum atomic E-state index is 6.31. The molecule has 1 aromatic carbocycles. The van der Waals surface area contributed by atoms with E-state index in [-0.39, 0.29) is 6.10 Å². The van der Waals surface area contributed by atoms with Gasteiger partial charge in [0.15, 0.2) is 0 Å². The SMILES string of the molecule is COc1cccc(Cl)c1Cn1cncc1C1CNCCO1. The van der Waals surface area contributed by atoms with Crippen molar-refractivity contribution >= 4 is 11.6 Å². The highest BCUT2D eigenvalue weighted by molar-refractivity contribution is 6.31. The summed E-state index contributed by atoms with van der Waals surface area (Å²) < 4.78 is 13.3. The molecule has 21 heavy (non-hydrogen) atoms. The van der Waals surface area contributed by atoms with E-state index in [4.69, 9.17) is 21.1 Å². The maximum absolute atomic E-state index is 6.31. The Labute approximate surface area is 128 Å². The van der Waals surface area contributed by atoms with Gasteiger partial charge in [-0.25, -0.2) is 4.98 Å². The summed E-state index contributed by atoms with van der Waals surface area (Å²) in [6, 6.07) is 5.67. The van der Waals surface area contributed by atoms with Crippen LogP contribution in [-0.4, -0.2) is 36.4 Å². The van der Waals surface area contributed by atoms with Crippen LogP contribution in [-0.2, 0) is 11.3 Å². The summed E-state index contributed by atoms with van der Waals surface area (Å²) in [5.41, 5.74) is 1.99. The zero-order valence-corrected chi connectivity index (χ0v) is 12.6. The minimum Gasteiger partial charge on any atom is -0.496 e. The van der Waals surface area contributed by atoms with Crippen LogP contribution in [0.4, 0.5) is 0 Å². The van der Waals surface area contributed by atoms with E-state index in [1.807, 2.05) is 24.4 Å². The molecule has 1 aliphatic heterocycles. The third kappa shape index (κ3) is 3.05. The molecule has 2 aromatic rings. The van der Waals surface area contributed by atoms with Crippen LogP contribution < -0.4 is 10.1 Å². The van der Waals surface area contributed by atoms with E-state index in [0.29, 0.717) is 18.2 Å². The van der Waals surface area contributed by atoms with Gasteiger partial charge in [0.25, 0.3) is 0 Å². The molecular formula is C15H18ClN3O2. The van der Waals surface area contributed by atoms with Crippen molar-refractivity contribution in [2.45, 2.75) is 12.6 Å². The van der Waals surface area contributed by atoms with Gasteiger partial charge in [-0.15, -0.1) is 0 Å². The molecule has 2 heterocycles. The first-order valence-electron chi connectivity index (χ1n) is 6.93. The maximum Gasteiger partial charge on any atom is 0.125 e. The molecule has 1 fully saturated rings. The highest BCUT2D eigenvalue weighted by Gasteiger charge is 2.20. The Bertz CT molecular complexity index is 609. The van der Waals surface area contributed by atoms with Crippen molar-refractivity contribution in [1.82, 2.24) is 14.9 Å².